The Morgan fingerprint density at radius 2 is 2.03 bits per heavy atom. The van der Waals surface area contributed by atoms with Crippen molar-refractivity contribution in [2.45, 2.75) is 18.1 Å². The first-order valence-electron chi connectivity index (χ1n) is 9.82. The molecule has 156 valence electrons. The van der Waals surface area contributed by atoms with Gasteiger partial charge < -0.3 is 20.1 Å². The maximum Gasteiger partial charge on any atom is 0.220 e. The van der Waals surface area contributed by atoms with Gasteiger partial charge in [-0.1, -0.05) is 17.4 Å². The summed E-state index contributed by atoms with van der Waals surface area (Å²) in [4.78, 5) is 16.1. The van der Waals surface area contributed by atoms with Crippen molar-refractivity contribution in [2.75, 3.05) is 41.7 Å². The number of nitrogen functional groups attached to an aromatic ring is 1. The zero-order valence-electron chi connectivity index (χ0n) is 16.2. The molecule has 1 saturated heterocycles. The van der Waals surface area contributed by atoms with Crippen LogP contribution in [0.5, 0.6) is 0 Å². The molecule has 3 heterocycles. The van der Waals surface area contributed by atoms with Crippen molar-refractivity contribution in [1.29, 1.82) is 0 Å². The van der Waals surface area contributed by atoms with Gasteiger partial charge in [-0.05, 0) is 43.0 Å². The minimum Gasteiger partial charge on any atom is -0.378 e. The number of nitrogens with two attached hydrogens (primary N) is 1. The first-order valence-corrected chi connectivity index (χ1v) is 11.5. The summed E-state index contributed by atoms with van der Waals surface area (Å²) >= 11 is 3.06. The van der Waals surface area contributed by atoms with Crippen LogP contribution in [0.3, 0.4) is 0 Å². The van der Waals surface area contributed by atoms with Gasteiger partial charge in [0.05, 0.1) is 35.2 Å². The van der Waals surface area contributed by atoms with E-state index in [4.69, 9.17) is 15.5 Å². The second-order valence-electron chi connectivity index (χ2n) is 7.16. The Hall–Kier alpha value is -2.43. The van der Waals surface area contributed by atoms with Crippen molar-refractivity contribution in [2.24, 2.45) is 0 Å². The first kappa shape index (κ1) is 19.5. The van der Waals surface area contributed by atoms with E-state index in [1.54, 1.807) is 36.3 Å². The molecule has 0 atom stereocenters. The lowest BCUT2D eigenvalue weighted by atomic mass is 10.1. The summed E-state index contributed by atoms with van der Waals surface area (Å²) in [5.74, 6) is -0.135. The van der Waals surface area contributed by atoms with E-state index in [1.807, 2.05) is 6.07 Å². The van der Waals surface area contributed by atoms with E-state index >= 15 is 4.39 Å². The first-order chi connectivity index (χ1) is 14.7. The highest BCUT2D eigenvalue weighted by Crippen LogP contribution is 2.42. The summed E-state index contributed by atoms with van der Waals surface area (Å²) in [5, 5.41) is 1.39. The molecule has 7 nitrogen and oxygen atoms in total. The number of benzene rings is 1. The molecular formula is C20H21FN6OS2. The highest BCUT2D eigenvalue weighted by molar-refractivity contribution is 8.01. The average Bonchev–Trinajstić information content (AvgIpc) is 3.50. The molecule has 30 heavy (non-hydrogen) atoms. The monoisotopic (exact) mass is 444 g/mol. The molecule has 0 unspecified atom stereocenters. The maximum absolute atomic E-state index is 15.5. The van der Waals surface area contributed by atoms with Crippen LogP contribution in [0.2, 0.25) is 0 Å². The van der Waals surface area contributed by atoms with Crippen LogP contribution in [0.15, 0.2) is 30.5 Å². The molecule has 0 spiro atoms. The van der Waals surface area contributed by atoms with Crippen LogP contribution in [0.25, 0.3) is 21.8 Å². The lowest BCUT2D eigenvalue weighted by Gasteiger charge is -2.26. The van der Waals surface area contributed by atoms with Gasteiger partial charge in [-0.3, -0.25) is 0 Å². The number of thiazole rings is 1. The van der Waals surface area contributed by atoms with E-state index in [0.29, 0.717) is 41.1 Å². The van der Waals surface area contributed by atoms with Gasteiger partial charge in [-0.15, -0.1) is 0 Å². The molecule has 10 heteroatoms. The van der Waals surface area contributed by atoms with Crippen LogP contribution >= 0.6 is 23.3 Å². The Labute approximate surface area is 182 Å². The van der Waals surface area contributed by atoms with Crippen LogP contribution in [-0.2, 0) is 4.74 Å². The molecule has 5 rings (SSSR count). The number of nitrogens with zero attached hydrogens (tertiary/aromatic N) is 4. The number of nitrogens with one attached hydrogen (secondary N) is 1. The fraction of sp³-hybridized carbons (Fsp3) is 0.350. The summed E-state index contributed by atoms with van der Waals surface area (Å²) < 4.78 is 24.1. The van der Waals surface area contributed by atoms with Crippen molar-refractivity contribution in [1.82, 2.24) is 15.0 Å². The molecule has 1 aromatic carbocycles. The van der Waals surface area contributed by atoms with E-state index in [0.717, 1.165) is 23.1 Å². The predicted octanol–water partition coefficient (Wildman–Crippen LogP) is 4.05. The van der Waals surface area contributed by atoms with Crippen molar-refractivity contribution < 1.29 is 9.13 Å². The predicted molar refractivity (Wildman–Crippen MR) is 120 cm³/mol. The minimum absolute atomic E-state index is 0.177. The van der Waals surface area contributed by atoms with Gasteiger partial charge in [0, 0.05) is 30.1 Å². The number of anilines is 3. The van der Waals surface area contributed by atoms with Crippen LogP contribution in [0.4, 0.5) is 21.2 Å². The largest absolute Gasteiger partial charge is 0.378 e. The van der Waals surface area contributed by atoms with Gasteiger partial charge >= 0.3 is 0 Å². The number of rotatable bonds is 6. The van der Waals surface area contributed by atoms with Gasteiger partial charge in [0.25, 0.3) is 0 Å². The van der Waals surface area contributed by atoms with Crippen LogP contribution < -0.4 is 15.4 Å². The lowest BCUT2D eigenvalue weighted by molar-refractivity contribution is 0.122. The standard InChI is InChI=1S/C20H21FN6OS2/c21-16-13(2-1-3-14(16)26-30-12-4-5-12)17-18(15-6-7-23-19(22)24-15)29-20(25-17)27-8-10-28-11-9-27/h1-3,6-7,12,26H,4-5,8-11H2,(H2,22,23,24). The van der Waals surface area contributed by atoms with Gasteiger partial charge in [0.15, 0.2) is 10.9 Å². The van der Waals surface area contributed by atoms with E-state index < -0.39 is 0 Å². The minimum atomic E-state index is -0.312. The molecule has 2 fully saturated rings. The average molecular weight is 445 g/mol. The molecule has 3 aromatic rings. The Morgan fingerprint density at radius 1 is 1.20 bits per heavy atom. The Kier molecular flexibility index (Phi) is 5.45. The number of hydrogen-bond acceptors (Lipinski definition) is 9. The van der Waals surface area contributed by atoms with E-state index in [-0.39, 0.29) is 11.8 Å². The normalized spacial score (nSPS) is 16.6. The van der Waals surface area contributed by atoms with E-state index in [1.165, 1.54) is 24.2 Å². The molecule has 0 amide bonds. The fourth-order valence-electron chi connectivity index (χ4n) is 3.18. The number of morpholine rings is 1. The molecule has 0 radical (unpaired) electrons. The van der Waals surface area contributed by atoms with Crippen LogP contribution in [-0.4, -0.2) is 46.5 Å². The summed E-state index contributed by atoms with van der Waals surface area (Å²) in [5.41, 5.74) is 7.93. The van der Waals surface area contributed by atoms with Gasteiger partial charge in [-0.25, -0.2) is 19.3 Å². The molecule has 1 aliphatic heterocycles. The summed E-state index contributed by atoms with van der Waals surface area (Å²) in [6.45, 7) is 2.80. The number of aromatic nitrogens is 3. The third kappa shape index (κ3) is 4.07. The SMILES string of the molecule is Nc1nccc(-c2sc(N3CCOCC3)nc2-c2cccc(NSC3CC3)c2F)n1. The number of hydrogen-bond donors (Lipinski definition) is 2. The number of halogens is 1. The van der Waals surface area contributed by atoms with Crippen molar-refractivity contribution in [3.05, 3.63) is 36.3 Å². The second-order valence-corrected chi connectivity index (χ2v) is 9.24. The molecular weight excluding hydrogens is 423 g/mol. The smallest absolute Gasteiger partial charge is 0.220 e. The van der Waals surface area contributed by atoms with Gasteiger partial charge in [0.1, 0.15) is 0 Å². The van der Waals surface area contributed by atoms with Crippen LogP contribution in [0.1, 0.15) is 12.8 Å². The molecule has 1 saturated carbocycles. The molecule has 3 N–H and O–H groups in total. The quantitative estimate of drug-likeness (QED) is 0.551. The third-order valence-corrected chi connectivity index (χ3v) is 7.20. The summed E-state index contributed by atoms with van der Waals surface area (Å²) in [6, 6.07) is 7.14. The van der Waals surface area contributed by atoms with Crippen molar-refractivity contribution in [3.8, 4) is 21.8 Å². The van der Waals surface area contributed by atoms with E-state index in [2.05, 4.69) is 19.6 Å². The fourth-order valence-corrected chi connectivity index (χ4v) is 5.11. The molecule has 0 bridgehead atoms. The lowest BCUT2D eigenvalue weighted by Crippen LogP contribution is -2.36. The third-order valence-electron chi connectivity index (χ3n) is 4.92. The molecule has 1 aliphatic carbocycles. The molecule has 2 aliphatic rings. The highest BCUT2D eigenvalue weighted by atomic mass is 32.2. The Balaban J connectivity index is 1.57. The summed E-state index contributed by atoms with van der Waals surface area (Å²) in [7, 11) is 0. The number of ether oxygens (including phenoxy) is 1. The van der Waals surface area contributed by atoms with E-state index in [9.17, 15) is 0 Å². The summed E-state index contributed by atoms with van der Waals surface area (Å²) in [6.07, 6.45) is 3.96. The topological polar surface area (TPSA) is 89.2 Å². The van der Waals surface area contributed by atoms with Crippen LogP contribution in [0, 0.1) is 5.82 Å². The van der Waals surface area contributed by atoms with Crippen molar-refractivity contribution >= 4 is 40.1 Å². The van der Waals surface area contributed by atoms with Crippen molar-refractivity contribution in [3.63, 3.8) is 0 Å². The molecule has 2 aromatic heterocycles. The highest BCUT2D eigenvalue weighted by Gasteiger charge is 2.25. The Bertz CT molecular complexity index is 1050. The van der Waals surface area contributed by atoms with Gasteiger partial charge in [-0.2, -0.15) is 0 Å². The zero-order chi connectivity index (χ0) is 20.5. The second kappa shape index (κ2) is 8.37. The Morgan fingerprint density at radius 3 is 2.80 bits per heavy atom. The zero-order valence-corrected chi connectivity index (χ0v) is 17.8. The van der Waals surface area contributed by atoms with Gasteiger partial charge in [0.2, 0.25) is 5.95 Å². The maximum atomic E-state index is 15.5.